The summed E-state index contributed by atoms with van der Waals surface area (Å²) < 4.78 is 7.88. The molecule has 3 fully saturated rings. The fourth-order valence-electron chi connectivity index (χ4n) is 5.00. The lowest BCUT2D eigenvalue weighted by molar-refractivity contribution is -0.145. The lowest BCUT2D eigenvalue weighted by Gasteiger charge is -2.37. The van der Waals surface area contributed by atoms with E-state index in [-0.39, 0.29) is 24.0 Å². The topological polar surface area (TPSA) is 73.4 Å². The Morgan fingerprint density at radius 3 is 2.83 bits per heavy atom. The molecule has 1 saturated heterocycles. The number of aryl methyl sites for hydroxylation is 2. The van der Waals surface area contributed by atoms with Gasteiger partial charge in [0.05, 0.1) is 30.9 Å². The fourth-order valence-corrected chi connectivity index (χ4v) is 5.00. The monoisotopic (exact) mass is 332 g/mol. The van der Waals surface area contributed by atoms with E-state index in [1.807, 2.05) is 16.5 Å². The van der Waals surface area contributed by atoms with E-state index in [9.17, 15) is 4.79 Å². The normalized spacial score (nSPS) is 35.6. The van der Waals surface area contributed by atoms with Crippen LogP contribution < -0.4 is 5.73 Å². The predicted molar refractivity (Wildman–Crippen MR) is 90.3 cm³/mol. The maximum absolute atomic E-state index is 13.0. The van der Waals surface area contributed by atoms with E-state index in [1.54, 1.807) is 0 Å². The largest absolute Gasteiger partial charge is 0.373 e. The van der Waals surface area contributed by atoms with Gasteiger partial charge in [0.25, 0.3) is 0 Å². The molecule has 0 radical (unpaired) electrons. The number of fused-ring (bicyclic) bond motifs is 2. The van der Waals surface area contributed by atoms with Crippen LogP contribution in [0.25, 0.3) is 0 Å². The second kappa shape index (κ2) is 6.15. The van der Waals surface area contributed by atoms with Crippen molar-refractivity contribution in [1.29, 1.82) is 0 Å². The van der Waals surface area contributed by atoms with Crippen LogP contribution in [0.1, 0.15) is 30.7 Å². The zero-order valence-corrected chi connectivity index (χ0v) is 14.6. The van der Waals surface area contributed by atoms with Gasteiger partial charge in [0.1, 0.15) is 0 Å². The maximum atomic E-state index is 13.0. The summed E-state index contributed by atoms with van der Waals surface area (Å²) >= 11 is 0. The van der Waals surface area contributed by atoms with E-state index in [4.69, 9.17) is 10.5 Å². The highest BCUT2D eigenvalue weighted by Crippen LogP contribution is 2.48. The first-order valence-electron chi connectivity index (χ1n) is 9.20. The van der Waals surface area contributed by atoms with Crippen LogP contribution in [0, 0.1) is 31.6 Å². The van der Waals surface area contributed by atoms with Crippen LogP contribution >= 0.6 is 0 Å². The van der Waals surface area contributed by atoms with Crippen molar-refractivity contribution in [1.82, 2.24) is 14.7 Å². The smallest absolute Gasteiger partial charge is 0.227 e. The van der Waals surface area contributed by atoms with Crippen LogP contribution in [0.4, 0.5) is 0 Å². The van der Waals surface area contributed by atoms with Gasteiger partial charge in [-0.05, 0) is 51.0 Å². The molecule has 2 saturated carbocycles. The SMILES string of the molecule is Cc1cc(C)n(CC2CN(C(=O)C3C4CCC(C4)C3N)CCO2)n1. The fraction of sp³-hybridized carbons (Fsp3) is 0.778. The zero-order valence-electron chi connectivity index (χ0n) is 14.6. The Labute approximate surface area is 143 Å². The minimum Gasteiger partial charge on any atom is -0.373 e. The van der Waals surface area contributed by atoms with E-state index >= 15 is 0 Å². The molecular weight excluding hydrogens is 304 g/mol. The molecule has 24 heavy (non-hydrogen) atoms. The number of hydrogen-bond acceptors (Lipinski definition) is 4. The lowest BCUT2D eigenvalue weighted by Crippen LogP contribution is -2.53. The summed E-state index contributed by atoms with van der Waals surface area (Å²) in [5.74, 6) is 1.37. The van der Waals surface area contributed by atoms with Crippen molar-refractivity contribution in [3.05, 3.63) is 17.5 Å². The number of rotatable bonds is 3. The molecule has 2 aliphatic carbocycles. The third-order valence-corrected chi connectivity index (χ3v) is 6.20. The van der Waals surface area contributed by atoms with Gasteiger partial charge in [-0.1, -0.05) is 0 Å². The number of ether oxygens (including phenoxy) is 1. The summed E-state index contributed by atoms with van der Waals surface area (Å²) in [5, 5.41) is 4.51. The van der Waals surface area contributed by atoms with Crippen molar-refractivity contribution in [2.45, 2.75) is 51.8 Å². The van der Waals surface area contributed by atoms with Gasteiger partial charge >= 0.3 is 0 Å². The third kappa shape index (κ3) is 2.75. The van der Waals surface area contributed by atoms with Crippen molar-refractivity contribution in [3.8, 4) is 0 Å². The number of nitrogens with zero attached hydrogens (tertiary/aromatic N) is 3. The molecule has 3 aliphatic rings. The zero-order chi connectivity index (χ0) is 16.8. The molecule has 5 atom stereocenters. The Morgan fingerprint density at radius 1 is 1.38 bits per heavy atom. The van der Waals surface area contributed by atoms with Crippen LogP contribution in [0.5, 0.6) is 0 Å². The van der Waals surface area contributed by atoms with E-state index in [1.165, 1.54) is 12.8 Å². The van der Waals surface area contributed by atoms with Crippen LogP contribution in [-0.2, 0) is 16.1 Å². The van der Waals surface area contributed by atoms with Gasteiger partial charge in [-0.25, -0.2) is 0 Å². The van der Waals surface area contributed by atoms with Gasteiger partial charge in [0.15, 0.2) is 0 Å². The Kier molecular flexibility index (Phi) is 4.12. The van der Waals surface area contributed by atoms with E-state index < -0.39 is 0 Å². The van der Waals surface area contributed by atoms with Crippen LogP contribution in [-0.4, -0.2) is 52.4 Å². The predicted octanol–water partition coefficient (Wildman–Crippen LogP) is 1.10. The van der Waals surface area contributed by atoms with E-state index in [0.29, 0.717) is 38.1 Å². The Morgan fingerprint density at radius 2 is 2.17 bits per heavy atom. The molecular formula is C18H28N4O2. The molecule has 132 valence electrons. The molecule has 6 heteroatoms. The molecule has 4 rings (SSSR count). The summed E-state index contributed by atoms with van der Waals surface area (Å²) in [6, 6.07) is 2.13. The Hall–Kier alpha value is -1.40. The highest BCUT2D eigenvalue weighted by atomic mass is 16.5. The second-order valence-corrected chi connectivity index (χ2v) is 7.82. The van der Waals surface area contributed by atoms with Crippen molar-refractivity contribution in [2.24, 2.45) is 23.5 Å². The van der Waals surface area contributed by atoms with Crippen molar-refractivity contribution in [3.63, 3.8) is 0 Å². The number of carbonyl (C=O) groups excluding carboxylic acids is 1. The number of aromatic nitrogens is 2. The van der Waals surface area contributed by atoms with E-state index in [2.05, 4.69) is 18.1 Å². The average Bonchev–Trinajstić information content (AvgIpc) is 3.22. The summed E-state index contributed by atoms with van der Waals surface area (Å²) in [6.07, 6.45) is 3.54. The Bertz CT molecular complexity index is 627. The highest BCUT2D eigenvalue weighted by molar-refractivity contribution is 5.80. The van der Waals surface area contributed by atoms with Crippen molar-refractivity contribution < 1.29 is 9.53 Å². The number of carbonyl (C=O) groups is 1. The average molecular weight is 332 g/mol. The third-order valence-electron chi connectivity index (χ3n) is 6.20. The Balaban J connectivity index is 1.41. The first-order valence-corrected chi connectivity index (χ1v) is 9.20. The molecule has 0 spiro atoms. The molecule has 2 heterocycles. The van der Waals surface area contributed by atoms with Crippen molar-refractivity contribution >= 4 is 5.91 Å². The van der Waals surface area contributed by atoms with Gasteiger partial charge in [-0.15, -0.1) is 0 Å². The molecule has 6 nitrogen and oxygen atoms in total. The van der Waals surface area contributed by atoms with Gasteiger partial charge in [-0.3, -0.25) is 9.48 Å². The summed E-state index contributed by atoms with van der Waals surface area (Å²) in [4.78, 5) is 15.0. The molecule has 0 aromatic carbocycles. The van der Waals surface area contributed by atoms with Crippen LogP contribution in [0.3, 0.4) is 0 Å². The molecule has 5 unspecified atom stereocenters. The molecule has 2 bridgehead atoms. The lowest BCUT2D eigenvalue weighted by atomic mass is 9.84. The summed E-state index contributed by atoms with van der Waals surface area (Å²) in [5.41, 5.74) is 8.51. The summed E-state index contributed by atoms with van der Waals surface area (Å²) in [7, 11) is 0. The highest BCUT2D eigenvalue weighted by Gasteiger charge is 2.50. The van der Waals surface area contributed by atoms with Gasteiger partial charge in [0.2, 0.25) is 5.91 Å². The van der Waals surface area contributed by atoms with Crippen LogP contribution in [0.15, 0.2) is 6.07 Å². The number of morpholine rings is 1. The van der Waals surface area contributed by atoms with Gasteiger partial charge in [0, 0.05) is 24.8 Å². The minimum absolute atomic E-state index is 0.00974. The molecule has 1 aromatic heterocycles. The standard InChI is InChI=1S/C18H28N4O2/c1-11-7-12(2)22(20-11)10-15-9-21(5-6-24-15)18(23)16-13-3-4-14(8-13)17(16)19/h7,13-17H,3-6,8-10,19H2,1-2H3. The number of nitrogens with two attached hydrogens (primary N) is 1. The maximum Gasteiger partial charge on any atom is 0.227 e. The molecule has 2 N–H and O–H groups in total. The van der Waals surface area contributed by atoms with Gasteiger partial charge in [-0.2, -0.15) is 5.10 Å². The quantitative estimate of drug-likeness (QED) is 0.899. The molecule has 1 amide bonds. The van der Waals surface area contributed by atoms with Gasteiger partial charge < -0.3 is 15.4 Å². The number of hydrogen-bond donors (Lipinski definition) is 1. The minimum atomic E-state index is 0.00974. The molecule has 1 aromatic rings. The van der Waals surface area contributed by atoms with Crippen LogP contribution in [0.2, 0.25) is 0 Å². The molecule has 1 aliphatic heterocycles. The second-order valence-electron chi connectivity index (χ2n) is 7.82. The van der Waals surface area contributed by atoms with Crippen molar-refractivity contribution in [2.75, 3.05) is 19.7 Å². The summed E-state index contributed by atoms with van der Waals surface area (Å²) in [6.45, 7) is 6.69. The first kappa shape index (κ1) is 16.1. The first-order chi connectivity index (χ1) is 11.5. The number of amides is 1. The van der Waals surface area contributed by atoms with E-state index in [0.717, 1.165) is 17.8 Å².